The minimum Gasteiger partial charge on any atom is -0.323 e. The van der Waals surface area contributed by atoms with Gasteiger partial charge in [-0.25, -0.2) is 0 Å². The van der Waals surface area contributed by atoms with Gasteiger partial charge >= 0.3 is 7.60 Å². The second-order valence-electron chi connectivity index (χ2n) is 3.16. The Morgan fingerprint density at radius 3 is 2.47 bits per heavy atom. The average Bonchev–Trinajstić information content (AvgIpc) is 2.18. The largest absolute Gasteiger partial charge is 0.342 e. The molecule has 4 nitrogen and oxygen atoms in total. The van der Waals surface area contributed by atoms with E-state index in [-0.39, 0.29) is 5.75 Å². The summed E-state index contributed by atoms with van der Waals surface area (Å²) < 4.78 is 10.7. The molecule has 0 amide bonds. The number of nitrogens with two attached hydrogens (primary N) is 1. The van der Waals surface area contributed by atoms with Crippen LogP contribution in [0.3, 0.4) is 0 Å². The van der Waals surface area contributed by atoms with Crippen molar-refractivity contribution in [2.75, 3.05) is 5.75 Å². The lowest BCUT2D eigenvalue weighted by atomic mass is 10.2. The first-order valence-corrected chi connectivity index (χ1v) is 7.26. The highest BCUT2D eigenvalue weighted by Crippen LogP contribution is 2.39. The molecule has 0 spiro atoms. The Balaban J connectivity index is 2.31. The van der Waals surface area contributed by atoms with Crippen molar-refractivity contribution in [3.63, 3.8) is 0 Å². The van der Waals surface area contributed by atoms with Crippen molar-refractivity contribution in [2.45, 2.75) is 11.5 Å². The van der Waals surface area contributed by atoms with Gasteiger partial charge in [-0.15, -0.1) is 0 Å². The van der Waals surface area contributed by atoms with Gasteiger partial charge in [0.25, 0.3) is 0 Å². The molecule has 6 heteroatoms. The third kappa shape index (κ3) is 4.82. The van der Waals surface area contributed by atoms with Gasteiger partial charge in [0.05, 0.1) is 0 Å². The van der Waals surface area contributed by atoms with Gasteiger partial charge in [-0.3, -0.25) is 4.57 Å². The van der Waals surface area contributed by atoms with Crippen LogP contribution < -0.4 is 5.73 Å². The maximum absolute atomic E-state index is 10.7. The molecular formula is C9H14NO3PS. The van der Waals surface area contributed by atoms with Gasteiger partial charge in [-0.1, -0.05) is 30.3 Å². The smallest absolute Gasteiger partial charge is 0.323 e. The van der Waals surface area contributed by atoms with Crippen LogP contribution in [0.5, 0.6) is 0 Å². The van der Waals surface area contributed by atoms with E-state index in [0.29, 0.717) is 5.75 Å². The molecule has 1 aromatic carbocycles. The SMILES string of the molecule is N[C@H](CSCc1ccccc1)P(=O)(O)O. The van der Waals surface area contributed by atoms with Gasteiger partial charge in [-0.05, 0) is 5.56 Å². The molecule has 0 unspecified atom stereocenters. The molecule has 4 N–H and O–H groups in total. The molecule has 0 fully saturated rings. The molecule has 84 valence electrons. The quantitative estimate of drug-likeness (QED) is 0.685. The number of thioether (sulfide) groups is 1. The lowest BCUT2D eigenvalue weighted by Gasteiger charge is -2.12. The van der Waals surface area contributed by atoms with E-state index in [1.165, 1.54) is 11.8 Å². The van der Waals surface area contributed by atoms with Gasteiger partial charge in [0, 0.05) is 11.5 Å². The van der Waals surface area contributed by atoms with E-state index < -0.39 is 13.4 Å². The van der Waals surface area contributed by atoms with Crippen molar-refractivity contribution in [2.24, 2.45) is 5.73 Å². The summed E-state index contributed by atoms with van der Waals surface area (Å²) in [6, 6.07) is 9.72. The molecule has 0 heterocycles. The molecule has 0 radical (unpaired) electrons. The summed E-state index contributed by atoms with van der Waals surface area (Å²) in [6.07, 6.45) is 0. The Labute approximate surface area is 93.0 Å². The minimum absolute atomic E-state index is 0.263. The first-order valence-electron chi connectivity index (χ1n) is 4.42. The van der Waals surface area contributed by atoms with Crippen molar-refractivity contribution in [3.8, 4) is 0 Å². The Morgan fingerprint density at radius 1 is 1.33 bits per heavy atom. The number of rotatable bonds is 5. The zero-order valence-electron chi connectivity index (χ0n) is 8.11. The molecule has 15 heavy (non-hydrogen) atoms. The molecule has 1 atom stereocenters. The van der Waals surface area contributed by atoms with Crippen LogP contribution in [0, 0.1) is 0 Å². The van der Waals surface area contributed by atoms with Crippen molar-refractivity contribution in [1.29, 1.82) is 0 Å². The molecular weight excluding hydrogens is 233 g/mol. The van der Waals surface area contributed by atoms with Crippen LogP contribution in [0.15, 0.2) is 30.3 Å². The van der Waals surface area contributed by atoms with E-state index in [0.717, 1.165) is 5.56 Å². The van der Waals surface area contributed by atoms with E-state index in [4.69, 9.17) is 15.5 Å². The van der Waals surface area contributed by atoms with Crippen LogP contribution in [0.4, 0.5) is 0 Å². The number of hydrogen-bond donors (Lipinski definition) is 3. The lowest BCUT2D eigenvalue weighted by molar-refractivity contribution is 0.362. The monoisotopic (exact) mass is 247 g/mol. The van der Waals surface area contributed by atoms with Crippen LogP contribution in [0.1, 0.15) is 5.56 Å². The van der Waals surface area contributed by atoms with E-state index in [2.05, 4.69) is 0 Å². The van der Waals surface area contributed by atoms with Gasteiger partial charge in [-0.2, -0.15) is 11.8 Å². The van der Waals surface area contributed by atoms with E-state index in [1.807, 2.05) is 30.3 Å². The molecule has 0 aliphatic carbocycles. The van der Waals surface area contributed by atoms with Gasteiger partial charge in [0.2, 0.25) is 0 Å². The van der Waals surface area contributed by atoms with Crippen molar-refractivity contribution in [3.05, 3.63) is 35.9 Å². The Kier molecular flexibility index (Phi) is 4.83. The minimum atomic E-state index is -4.12. The van der Waals surface area contributed by atoms with E-state index >= 15 is 0 Å². The zero-order chi connectivity index (χ0) is 11.3. The maximum atomic E-state index is 10.7. The predicted molar refractivity (Wildman–Crippen MR) is 62.6 cm³/mol. The Bertz CT molecular complexity index is 340. The summed E-state index contributed by atoms with van der Waals surface area (Å²) in [6.45, 7) is 0. The molecule has 0 saturated carbocycles. The van der Waals surface area contributed by atoms with Crippen LogP contribution in [0.25, 0.3) is 0 Å². The molecule has 1 aromatic rings. The Morgan fingerprint density at radius 2 is 1.93 bits per heavy atom. The molecule has 0 aliphatic heterocycles. The summed E-state index contributed by atoms with van der Waals surface area (Å²) in [4.78, 5) is 17.5. The zero-order valence-corrected chi connectivity index (χ0v) is 9.82. The summed E-state index contributed by atoms with van der Waals surface area (Å²) in [5.74, 6) is -0.0838. The topological polar surface area (TPSA) is 83.6 Å². The first kappa shape index (κ1) is 12.7. The van der Waals surface area contributed by atoms with Gasteiger partial charge < -0.3 is 15.5 Å². The van der Waals surface area contributed by atoms with Crippen LogP contribution in [0.2, 0.25) is 0 Å². The molecule has 0 saturated heterocycles. The lowest BCUT2D eigenvalue weighted by Crippen LogP contribution is -2.22. The summed E-state index contributed by atoms with van der Waals surface area (Å²) >= 11 is 1.42. The molecule has 1 rings (SSSR count). The van der Waals surface area contributed by atoms with Crippen LogP contribution >= 0.6 is 19.4 Å². The third-order valence-electron chi connectivity index (χ3n) is 1.83. The third-order valence-corrected chi connectivity index (χ3v) is 4.26. The summed E-state index contributed by atoms with van der Waals surface area (Å²) in [5, 5.41) is 0. The van der Waals surface area contributed by atoms with Crippen molar-refractivity contribution < 1.29 is 14.4 Å². The van der Waals surface area contributed by atoms with Gasteiger partial charge in [0.1, 0.15) is 5.78 Å². The highest BCUT2D eigenvalue weighted by atomic mass is 32.2. The number of benzene rings is 1. The molecule has 0 aliphatic rings. The Hall–Kier alpha value is -0.320. The fourth-order valence-corrected chi connectivity index (χ4v) is 2.85. The van der Waals surface area contributed by atoms with Crippen LogP contribution in [-0.2, 0) is 10.3 Å². The fourth-order valence-electron chi connectivity index (χ4n) is 0.969. The molecule has 0 bridgehead atoms. The van der Waals surface area contributed by atoms with E-state index in [1.54, 1.807) is 0 Å². The van der Waals surface area contributed by atoms with Gasteiger partial charge in [0.15, 0.2) is 0 Å². The van der Waals surface area contributed by atoms with Crippen molar-refractivity contribution >= 4 is 19.4 Å². The van der Waals surface area contributed by atoms with E-state index in [9.17, 15) is 4.57 Å². The van der Waals surface area contributed by atoms with Crippen molar-refractivity contribution in [1.82, 2.24) is 0 Å². The standard InChI is InChI=1S/C9H14NO3PS/c10-9(14(11,12)13)7-15-6-8-4-2-1-3-5-8/h1-5,9H,6-7,10H2,(H2,11,12,13)/t9-/m0/s1. The second-order valence-corrected chi connectivity index (χ2v) is 6.03. The summed E-state index contributed by atoms with van der Waals surface area (Å²) in [5.41, 5.74) is 6.46. The second kappa shape index (κ2) is 5.68. The number of hydrogen-bond acceptors (Lipinski definition) is 3. The molecule has 0 aromatic heterocycles. The normalized spacial score (nSPS) is 13.8. The maximum Gasteiger partial charge on any atom is 0.342 e. The summed E-state index contributed by atoms with van der Waals surface area (Å²) in [7, 11) is -4.12. The fraction of sp³-hybridized carbons (Fsp3) is 0.333. The highest BCUT2D eigenvalue weighted by Gasteiger charge is 2.23. The first-order chi connectivity index (χ1) is 7.00. The van der Waals surface area contributed by atoms with Crippen LogP contribution in [-0.4, -0.2) is 21.3 Å². The highest BCUT2D eigenvalue weighted by molar-refractivity contribution is 7.98. The predicted octanol–water partition coefficient (Wildman–Crippen LogP) is 1.38. The average molecular weight is 247 g/mol.